The first kappa shape index (κ1) is 17.8. The monoisotopic (exact) mass is 397 g/mol. The van der Waals surface area contributed by atoms with Crippen molar-refractivity contribution in [3.05, 3.63) is 40.0 Å². The summed E-state index contributed by atoms with van der Waals surface area (Å²) in [6, 6.07) is 2.63. The third-order valence-electron chi connectivity index (χ3n) is 6.68. The highest BCUT2D eigenvalue weighted by Crippen LogP contribution is 2.65. The minimum atomic E-state index is -0.577. The van der Waals surface area contributed by atoms with Gasteiger partial charge in [-0.1, -0.05) is 12.2 Å². The van der Waals surface area contributed by atoms with Gasteiger partial charge in [-0.05, 0) is 30.1 Å². The molecule has 3 fully saturated rings. The molecule has 1 saturated heterocycles. The Bertz CT molecular complexity index is 966. The first-order valence-electron chi connectivity index (χ1n) is 9.46. The molecule has 9 heteroatoms. The summed E-state index contributed by atoms with van der Waals surface area (Å²) in [5.41, 5.74) is 0.0178. The first-order chi connectivity index (χ1) is 14.0. The van der Waals surface area contributed by atoms with Crippen molar-refractivity contribution >= 4 is 23.7 Å². The molecule has 1 aromatic rings. The maximum Gasteiger partial charge on any atom is 0.311 e. The van der Waals surface area contributed by atoms with Gasteiger partial charge < -0.3 is 9.47 Å². The zero-order valence-corrected chi connectivity index (χ0v) is 15.8. The number of carbonyl (C=O) groups is 2. The van der Waals surface area contributed by atoms with E-state index in [-0.39, 0.29) is 58.2 Å². The lowest BCUT2D eigenvalue weighted by Crippen LogP contribution is -2.40. The Kier molecular flexibility index (Phi) is 3.77. The molecule has 0 spiro atoms. The summed E-state index contributed by atoms with van der Waals surface area (Å²) >= 11 is 0. The van der Waals surface area contributed by atoms with Crippen LogP contribution in [-0.4, -0.2) is 42.2 Å². The number of hydrogen-bond acceptors (Lipinski definition) is 7. The van der Waals surface area contributed by atoms with Crippen LogP contribution >= 0.6 is 0 Å². The summed E-state index contributed by atoms with van der Waals surface area (Å²) in [7, 11) is 2.74. The van der Waals surface area contributed by atoms with Crippen molar-refractivity contribution in [2.75, 3.05) is 14.2 Å². The molecule has 1 aliphatic heterocycles. The van der Waals surface area contributed by atoms with Crippen molar-refractivity contribution in [1.82, 2.24) is 5.01 Å². The first-order valence-corrected chi connectivity index (χ1v) is 9.46. The fraction of sp³-hybridized carbons (Fsp3) is 0.450. The number of nitro groups is 1. The van der Waals surface area contributed by atoms with E-state index in [0.717, 1.165) is 11.4 Å². The van der Waals surface area contributed by atoms with E-state index in [2.05, 4.69) is 17.3 Å². The normalized spacial score (nSPS) is 33.8. The third kappa shape index (κ3) is 2.43. The number of allylic oxidation sites excluding steroid dienone is 2. The van der Waals surface area contributed by atoms with Crippen LogP contribution in [0.2, 0.25) is 0 Å². The summed E-state index contributed by atoms with van der Waals surface area (Å²) in [6.45, 7) is 0. The molecule has 0 aromatic heterocycles. The van der Waals surface area contributed by atoms with E-state index in [1.54, 1.807) is 0 Å². The van der Waals surface area contributed by atoms with Gasteiger partial charge in [-0.2, -0.15) is 10.1 Å². The topological polar surface area (TPSA) is 111 Å². The molecule has 29 heavy (non-hydrogen) atoms. The lowest BCUT2D eigenvalue weighted by Gasteiger charge is -2.37. The van der Waals surface area contributed by atoms with Crippen molar-refractivity contribution in [3.8, 4) is 11.5 Å². The van der Waals surface area contributed by atoms with Crippen LogP contribution in [-0.2, 0) is 9.59 Å². The van der Waals surface area contributed by atoms with Crippen molar-refractivity contribution < 1.29 is 24.0 Å². The number of hydrazone groups is 1. The molecule has 150 valence electrons. The van der Waals surface area contributed by atoms with Gasteiger partial charge in [0.2, 0.25) is 5.75 Å². The molecule has 2 saturated carbocycles. The minimum Gasteiger partial charge on any atom is -0.496 e. The second-order valence-electron chi connectivity index (χ2n) is 7.91. The van der Waals surface area contributed by atoms with Crippen LogP contribution in [0, 0.1) is 45.6 Å². The Morgan fingerprint density at radius 3 is 2.17 bits per heavy atom. The van der Waals surface area contributed by atoms with Gasteiger partial charge in [-0.15, -0.1) is 0 Å². The molecule has 6 unspecified atom stereocenters. The van der Waals surface area contributed by atoms with Gasteiger partial charge in [-0.25, -0.2) is 0 Å². The fourth-order valence-corrected chi connectivity index (χ4v) is 5.32. The van der Waals surface area contributed by atoms with Gasteiger partial charge in [0.25, 0.3) is 11.8 Å². The quantitative estimate of drug-likeness (QED) is 0.247. The van der Waals surface area contributed by atoms with E-state index in [1.807, 2.05) is 0 Å². The zero-order valence-electron chi connectivity index (χ0n) is 15.8. The van der Waals surface area contributed by atoms with E-state index in [0.29, 0.717) is 11.8 Å². The molecule has 6 atom stereocenters. The van der Waals surface area contributed by atoms with E-state index in [4.69, 9.17) is 9.47 Å². The summed E-state index contributed by atoms with van der Waals surface area (Å²) < 4.78 is 10.3. The van der Waals surface area contributed by atoms with Crippen molar-refractivity contribution in [2.24, 2.45) is 40.6 Å². The van der Waals surface area contributed by atoms with Crippen LogP contribution in [0.3, 0.4) is 0 Å². The maximum atomic E-state index is 13.0. The highest BCUT2D eigenvalue weighted by molar-refractivity contribution is 6.06. The molecule has 5 aliphatic rings. The lowest BCUT2D eigenvalue weighted by atomic mass is 9.63. The molecule has 9 nitrogen and oxygen atoms in total. The van der Waals surface area contributed by atoms with Crippen LogP contribution in [0.5, 0.6) is 11.5 Å². The van der Waals surface area contributed by atoms with Gasteiger partial charge in [0.15, 0.2) is 0 Å². The maximum absolute atomic E-state index is 13.0. The Morgan fingerprint density at radius 2 is 1.66 bits per heavy atom. The predicted molar refractivity (Wildman–Crippen MR) is 100 cm³/mol. The highest BCUT2D eigenvalue weighted by Gasteiger charge is 2.67. The average Bonchev–Trinajstić information content (AvgIpc) is 3.50. The van der Waals surface area contributed by atoms with Crippen LogP contribution in [0.25, 0.3) is 0 Å². The lowest BCUT2D eigenvalue weighted by molar-refractivity contribution is -0.385. The Morgan fingerprint density at radius 1 is 1.07 bits per heavy atom. The van der Waals surface area contributed by atoms with Gasteiger partial charge in [0.1, 0.15) is 5.75 Å². The zero-order chi connectivity index (χ0) is 20.4. The summed E-state index contributed by atoms with van der Waals surface area (Å²) in [4.78, 5) is 36.6. The Balaban J connectivity index is 1.47. The van der Waals surface area contributed by atoms with Crippen molar-refractivity contribution in [2.45, 2.75) is 6.42 Å². The minimum absolute atomic E-state index is 0.0465. The number of amides is 2. The number of ether oxygens (including phenoxy) is 2. The van der Waals surface area contributed by atoms with E-state index < -0.39 is 4.92 Å². The second-order valence-corrected chi connectivity index (χ2v) is 7.91. The van der Waals surface area contributed by atoms with Gasteiger partial charge in [-0.3, -0.25) is 19.7 Å². The number of nitrogens with zero attached hydrogens (tertiary/aromatic N) is 3. The number of hydrogen-bond donors (Lipinski definition) is 0. The van der Waals surface area contributed by atoms with Gasteiger partial charge >= 0.3 is 5.69 Å². The number of imide groups is 1. The van der Waals surface area contributed by atoms with Crippen LogP contribution in [0.15, 0.2) is 29.4 Å². The fourth-order valence-electron chi connectivity index (χ4n) is 5.32. The smallest absolute Gasteiger partial charge is 0.311 e. The van der Waals surface area contributed by atoms with Crippen LogP contribution in [0.4, 0.5) is 5.69 Å². The largest absolute Gasteiger partial charge is 0.496 e. The molecule has 4 aliphatic carbocycles. The van der Waals surface area contributed by atoms with Crippen LogP contribution in [0.1, 0.15) is 12.0 Å². The van der Waals surface area contributed by atoms with Gasteiger partial charge in [0, 0.05) is 17.7 Å². The summed E-state index contributed by atoms with van der Waals surface area (Å²) in [6.07, 6.45) is 6.53. The third-order valence-corrected chi connectivity index (χ3v) is 6.68. The molecular formula is C20H19N3O6. The Labute approximate surface area is 166 Å². The predicted octanol–water partition coefficient (Wildman–Crippen LogP) is 2.00. The van der Waals surface area contributed by atoms with Crippen LogP contribution < -0.4 is 9.47 Å². The molecule has 2 amide bonds. The van der Waals surface area contributed by atoms with Gasteiger partial charge in [0.05, 0.1) is 37.2 Å². The average molecular weight is 397 g/mol. The number of benzene rings is 1. The molecule has 0 radical (unpaired) electrons. The second kappa shape index (κ2) is 6.13. The van der Waals surface area contributed by atoms with Crippen molar-refractivity contribution in [3.63, 3.8) is 0 Å². The van der Waals surface area contributed by atoms with E-state index >= 15 is 0 Å². The number of methoxy groups -OCH3 is 2. The molecule has 2 bridgehead atoms. The van der Waals surface area contributed by atoms with E-state index in [1.165, 1.54) is 32.6 Å². The molecular weight excluding hydrogens is 378 g/mol. The Hall–Kier alpha value is -3.23. The molecule has 0 N–H and O–H groups in total. The molecule has 1 heterocycles. The van der Waals surface area contributed by atoms with E-state index in [9.17, 15) is 19.7 Å². The highest BCUT2D eigenvalue weighted by atomic mass is 16.6. The number of nitro benzene ring substituents is 1. The summed E-state index contributed by atoms with van der Waals surface area (Å²) in [5, 5.41) is 16.3. The summed E-state index contributed by atoms with van der Waals surface area (Å²) in [5.74, 6) is 0.321. The molecule has 6 rings (SSSR count). The SMILES string of the molecule is COc1cc(OC)c([N+](=O)[O-])cc1C=NN1C(=O)C2C3C=CC(C4CC34)C2C1=O. The number of rotatable bonds is 5. The molecule has 1 aromatic carbocycles. The standard InChI is InChI=1S/C20H19N3O6/c1-28-15-7-16(29-2)14(23(26)27)5-9(15)8-21-22-19(24)17-10-3-4-11(13-6-12(10)13)18(17)20(22)25/h3-5,7-8,10-13,17-18H,6H2,1-2H3. The van der Waals surface area contributed by atoms with Crippen molar-refractivity contribution in [1.29, 1.82) is 0 Å². The number of carbonyl (C=O) groups excluding carboxylic acids is 2.